The van der Waals surface area contributed by atoms with Gasteiger partial charge in [0.1, 0.15) is 11.6 Å². The Hall–Kier alpha value is -3.09. The maximum atomic E-state index is 14.3. The molecule has 0 spiro atoms. The van der Waals surface area contributed by atoms with Gasteiger partial charge < -0.3 is 4.90 Å². The minimum atomic E-state index is -0.761. The molecule has 2 aliphatic heterocycles. The van der Waals surface area contributed by atoms with Crippen molar-refractivity contribution in [2.75, 3.05) is 16.3 Å². The lowest BCUT2D eigenvalue weighted by Gasteiger charge is -2.30. The van der Waals surface area contributed by atoms with Crippen LogP contribution in [-0.2, 0) is 16.0 Å². The van der Waals surface area contributed by atoms with Crippen molar-refractivity contribution < 1.29 is 23.2 Å². The van der Waals surface area contributed by atoms with E-state index in [-0.39, 0.29) is 30.3 Å². The maximum Gasteiger partial charge on any atom is 0.258 e. The van der Waals surface area contributed by atoms with Crippen LogP contribution in [-0.4, -0.2) is 24.3 Å². The summed E-state index contributed by atoms with van der Waals surface area (Å²) in [7, 11) is 0. The van der Waals surface area contributed by atoms with Crippen LogP contribution < -0.4 is 9.80 Å². The maximum absolute atomic E-state index is 14.3. The number of hydrogen-bond donors (Lipinski definition) is 0. The quantitative estimate of drug-likeness (QED) is 0.763. The molecule has 1 saturated heterocycles. The van der Waals surface area contributed by atoms with E-state index in [0.717, 1.165) is 11.0 Å². The minimum absolute atomic E-state index is 0.113. The number of hydrogen-bond acceptors (Lipinski definition) is 3. The zero-order valence-corrected chi connectivity index (χ0v) is 14.4. The fourth-order valence-electron chi connectivity index (χ4n) is 3.63. The average Bonchev–Trinajstić information content (AvgIpc) is 2.99. The lowest BCUT2D eigenvalue weighted by molar-refractivity contribution is -0.121. The van der Waals surface area contributed by atoms with Gasteiger partial charge in [-0.25, -0.2) is 8.78 Å². The molecule has 3 amide bonds. The van der Waals surface area contributed by atoms with Gasteiger partial charge in [0, 0.05) is 31.0 Å². The number of halogens is 2. The predicted molar refractivity (Wildman–Crippen MR) is 94.5 cm³/mol. The molecule has 0 aromatic heterocycles. The highest BCUT2D eigenvalue weighted by Gasteiger charge is 2.31. The van der Waals surface area contributed by atoms with E-state index in [1.54, 1.807) is 0 Å². The van der Waals surface area contributed by atoms with Gasteiger partial charge in [0.15, 0.2) is 0 Å². The molecule has 0 bridgehead atoms. The van der Waals surface area contributed by atoms with Gasteiger partial charge in [0.25, 0.3) is 5.91 Å². The molecule has 0 radical (unpaired) electrons. The Labute approximate surface area is 154 Å². The number of nitrogens with zero attached hydrogens (tertiary/aromatic N) is 2. The third kappa shape index (κ3) is 2.99. The fraction of sp³-hybridized carbons (Fsp3) is 0.250. The SMILES string of the molecule is O=C(c1ccc(N2C(=O)CCC2=O)cc1)N1CCCc2cc(F)cc(F)c21. The summed E-state index contributed by atoms with van der Waals surface area (Å²) >= 11 is 0. The molecule has 0 atom stereocenters. The number of fused-ring (bicyclic) bond motifs is 1. The lowest BCUT2D eigenvalue weighted by Crippen LogP contribution is -2.36. The van der Waals surface area contributed by atoms with Crippen molar-refractivity contribution in [2.24, 2.45) is 0 Å². The molecular formula is C20H16F2N2O3. The van der Waals surface area contributed by atoms with Gasteiger partial charge in [-0.3, -0.25) is 19.3 Å². The van der Waals surface area contributed by atoms with Gasteiger partial charge in [-0.05, 0) is 48.7 Å². The molecule has 1 fully saturated rings. The molecule has 4 rings (SSSR count). The van der Waals surface area contributed by atoms with Gasteiger partial charge in [0.2, 0.25) is 11.8 Å². The number of carbonyl (C=O) groups is 3. The molecular weight excluding hydrogens is 354 g/mol. The van der Waals surface area contributed by atoms with E-state index in [2.05, 4.69) is 0 Å². The number of benzene rings is 2. The smallest absolute Gasteiger partial charge is 0.258 e. The van der Waals surface area contributed by atoms with Crippen molar-refractivity contribution in [3.05, 3.63) is 59.2 Å². The third-order valence-corrected chi connectivity index (χ3v) is 4.87. The zero-order chi connectivity index (χ0) is 19.1. The molecule has 0 aliphatic carbocycles. The molecule has 2 aromatic rings. The van der Waals surface area contributed by atoms with Crippen molar-refractivity contribution in [1.82, 2.24) is 0 Å². The van der Waals surface area contributed by atoms with Crippen LogP contribution in [0.15, 0.2) is 36.4 Å². The number of amides is 3. The van der Waals surface area contributed by atoms with Gasteiger partial charge in [-0.1, -0.05) is 0 Å². The summed E-state index contributed by atoms with van der Waals surface area (Å²) in [5, 5.41) is 0. The topological polar surface area (TPSA) is 57.7 Å². The summed E-state index contributed by atoms with van der Waals surface area (Å²) in [6.07, 6.45) is 1.47. The molecule has 0 N–H and O–H groups in total. The highest BCUT2D eigenvalue weighted by Crippen LogP contribution is 2.32. The van der Waals surface area contributed by atoms with Crippen molar-refractivity contribution in [3.63, 3.8) is 0 Å². The molecule has 2 aromatic carbocycles. The van der Waals surface area contributed by atoms with E-state index in [4.69, 9.17) is 0 Å². The first-order valence-electron chi connectivity index (χ1n) is 8.71. The van der Waals surface area contributed by atoms with E-state index < -0.39 is 17.5 Å². The molecule has 5 nitrogen and oxygen atoms in total. The number of imide groups is 1. The molecule has 0 unspecified atom stereocenters. The standard InChI is InChI=1S/C20H16F2N2O3/c21-14-10-13-2-1-9-23(19(13)16(22)11-14)20(27)12-3-5-15(6-4-12)24-17(25)7-8-18(24)26/h3-6,10-11H,1-2,7-9H2. The van der Waals surface area contributed by atoms with E-state index in [1.165, 1.54) is 35.2 Å². The van der Waals surface area contributed by atoms with Crippen LogP contribution in [0.1, 0.15) is 35.2 Å². The Kier molecular flexibility index (Phi) is 4.22. The number of anilines is 2. The van der Waals surface area contributed by atoms with E-state index >= 15 is 0 Å². The normalized spacial score (nSPS) is 16.7. The summed E-state index contributed by atoms with van der Waals surface area (Å²) in [4.78, 5) is 38.9. The van der Waals surface area contributed by atoms with Crippen LogP contribution in [0.2, 0.25) is 0 Å². The van der Waals surface area contributed by atoms with Crippen molar-refractivity contribution >= 4 is 29.1 Å². The first-order chi connectivity index (χ1) is 13.0. The Morgan fingerprint density at radius 2 is 1.59 bits per heavy atom. The number of aryl methyl sites for hydroxylation is 1. The Balaban J connectivity index is 1.63. The second kappa shape index (κ2) is 6.57. The summed E-state index contributed by atoms with van der Waals surface area (Å²) in [6.45, 7) is 0.333. The fourth-order valence-corrected chi connectivity index (χ4v) is 3.63. The van der Waals surface area contributed by atoms with Crippen LogP contribution in [0.4, 0.5) is 20.2 Å². The van der Waals surface area contributed by atoms with Crippen LogP contribution >= 0.6 is 0 Å². The summed E-state index contributed by atoms with van der Waals surface area (Å²) in [5.41, 5.74) is 1.29. The van der Waals surface area contributed by atoms with Gasteiger partial charge >= 0.3 is 0 Å². The molecule has 7 heteroatoms. The largest absolute Gasteiger partial charge is 0.305 e. The average molecular weight is 370 g/mol. The van der Waals surface area contributed by atoms with Gasteiger partial charge in [-0.15, -0.1) is 0 Å². The van der Waals surface area contributed by atoms with Crippen molar-refractivity contribution in [1.29, 1.82) is 0 Å². The van der Waals surface area contributed by atoms with E-state index in [9.17, 15) is 23.2 Å². The third-order valence-electron chi connectivity index (χ3n) is 4.87. The summed E-state index contributed by atoms with van der Waals surface area (Å²) < 4.78 is 27.8. The summed E-state index contributed by atoms with van der Waals surface area (Å²) in [5.74, 6) is -2.37. The van der Waals surface area contributed by atoms with Crippen LogP contribution in [0.5, 0.6) is 0 Å². The highest BCUT2D eigenvalue weighted by atomic mass is 19.1. The number of rotatable bonds is 2. The molecule has 0 saturated carbocycles. The molecule has 2 heterocycles. The lowest BCUT2D eigenvalue weighted by atomic mass is 10.00. The predicted octanol–water partition coefficient (Wildman–Crippen LogP) is 3.21. The molecule has 27 heavy (non-hydrogen) atoms. The Morgan fingerprint density at radius 3 is 2.26 bits per heavy atom. The van der Waals surface area contributed by atoms with E-state index in [1.807, 2.05) is 0 Å². The Morgan fingerprint density at radius 1 is 0.926 bits per heavy atom. The van der Waals surface area contributed by atoms with Gasteiger partial charge in [-0.2, -0.15) is 0 Å². The first kappa shape index (κ1) is 17.3. The zero-order valence-electron chi connectivity index (χ0n) is 14.4. The Bertz CT molecular complexity index is 940. The van der Waals surface area contributed by atoms with Crippen LogP contribution in [0, 0.1) is 11.6 Å². The number of carbonyl (C=O) groups excluding carboxylic acids is 3. The van der Waals surface area contributed by atoms with Crippen molar-refractivity contribution in [2.45, 2.75) is 25.7 Å². The molecule has 138 valence electrons. The second-order valence-corrected chi connectivity index (χ2v) is 6.63. The first-order valence-corrected chi connectivity index (χ1v) is 8.71. The van der Waals surface area contributed by atoms with Crippen molar-refractivity contribution in [3.8, 4) is 0 Å². The second-order valence-electron chi connectivity index (χ2n) is 6.63. The summed E-state index contributed by atoms with van der Waals surface area (Å²) in [6, 6.07) is 8.10. The van der Waals surface area contributed by atoms with Gasteiger partial charge in [0.05, 0.1) is 11.4 Å². The monoisotopic (exact) mass is 370 g/mol. The van der Waals surface area contributed by atoms with E-state index in [0.29, 0.717) is 36.2 Å². The van der Waals surface area contributed by atoms with Crippen LogP contribution in [0.3, 0.4) is 0 Å². The highest BCUT2D eigenvalue weighted by molar-refractivity contribution is 6.20. The van der Waals surface area contributed by atoms with Crippen LogP contribution in [0.25, 0.3) is 0 Å². The minimum Gasteiger partial charge on any atom is -0.305 e. The molecule has 2 aliphatic rings.